The molecule has 0 aliphatic rings. The first-order valence-corrected chi connectivity index (χ1v) is 7.04. The van der Waals surface area contributed by atoms with Crippen LogP contribution in [-0.4, -0.2) is 16.1 Å². The van der Waals surface area contributed by atoms with E-state index in [0.29, 0.717) is 0 Å². The second kappa shape index (κ2) is 6.13. The molecule has 0 N–H and O–H groups in total. The standard InChI is InChI=1S/C17H20N2O3/c1-16(2,13-5-9-18-10-6-13)21-15(20)22-17(3,4)14-7-11-19-12-8-14/h5-12H,1-4H3. The van der Waals surface area contributed by atoms with Gasteiger partial charge in [0.15, 0.2) is 0 Å². The predicted octanol–water partition coefficient (Wildman–Crippen LogP) is 3.80. The lowest BCUT2D eigenvalue weighted by molar-refractivity contribution is -0.0634. The number of ether oxygens (including phenoxy) is 2. The van der Waals surface area contributed by atoms with Gasteiger partial charge in [-0.1, -0.05) is 0 Å². The molecule has 0 saturated carbocycles. The lowest BCUT2D eigenvalue weighted by Crippen LogP contribution is -2.31. The van der Waals surface area contributed by atoms with E-state index < -0.39 is 17.4 Å². The highest BCUT2D eigenvalue weighted by Crippen LogP contribution is 2.28. The van der Waals surface area contributed by atoms with E-state index in [1.165, 1.54) is 0 Å². The van der Waals surface area contributed by atoms with E-state index >= 15 is 0 Å². The number of rotatable bonds is 4. The summed E-state index contributed by atoms with van der Waals surface area (Å²) < 4.78 is 11.0. The van der Waals surface area contributed by atoms with Crippen LogP contribution in [0.1, 0.15) is 38.8 Å². The molecule has 2 heterocycles. The number of nitrogens with zero attached hydrogens (tertiary/aromatic N) is 2. The summed E-state index contributed by atoms with van der Waals surface area (Å²) in [6.07, 6.45) is 5.92. The molecule has 0 aliphatic heterocycles. The molecule has 0 amide bonds. The van der Waals surface area contributed by atoms with Crippen LogP contribution in [0, 0.1) is 0 Å². The van der Waals surface area contributed by atoms with Crippen LogP contribution in [-0.2, 0) is 20.7 Å². The number of hydrogen-bond donors (Lipinski definition) is 0. The molecule has 0 spiro atoms. The number of aromatic nitrogens is 2. The van der Waals surface area contributed by atoms with Crippen LogP contribution >= 0.6 is 0 Å². The van der Waals surface area contributed by atoms with Crippen LogP contribution < -0.4 is 0 Å². The number of hydrogen-bond acceptors (Lipinski definition) is 5. The molecule has 2 rings (SSSR count). The van der Waals surface area contributed by atoms with Gasteiger partial charge in [-0.05, 0) is 63.1 Å². The van der Waals surface area contributed by atoms with Gasteiger partial charge < -0.3 is 9.47 Å². The lowest BCUT2D eigenvalue weighted by atomic mass is 9.99. The molecule has 0 bridgehead atoms. The average molecular weight is 300 g/mol. The maximum absolute atomic E-state index is 12.1. The smallest absolute Gasteiger partial charge is 0.423 e. The van der Waals surface area contributed by atoms with Crippen molar-refractivity contribution in [2.24, 2.45) is 0 Å². The van der Waals surface area contributed by atoms with Gasteiger partial charge in [0, 0.05) is 24.8 Å². The van der Waals surface area contributed by atoms with E-state index in [-0.39, 0.29) is 0 Å². The normalized spacial score (nSPS) is 11.8. The second-order valence-corrected chi connectivity index (χ2v) is 5.95. The van der Waals surface area contributed by atoms with Gasteiger partial charge in [-0.2, -0.15) is 0 Å². The minimum absolute atomic E-state index is 0.719. The molecule has 22 heavy (non-hydrogen) atoms. The molecule has 0 saturated heterocycles. The van der Waals surface area contributed by atoms with Crippen LogP contribution in [0.2, 0.25) is 0 Å². The van der Waals surface area contributed by atoms with Gasteiger partial charge in [0.1, 0.15) is 11.2 Å². The molecular weight excluding hydrogens is 280 g/mol. The molecule has 0 unspecified atom stereocenters. The molecular formula is C17H20N2O3. The van der Waals surface area contributed by atoms with Gasteiger partial charge in [-0.25, -0.2) is 4.79 Å². The Morgan fingerprint density at radius 3 is 1.41 bits per heavy atom. The van der Waals surface area contributed by atoms with Gasteiger partial charge in [-0.15, -0.1) is 0 Å². The van der Waals surface area contributed by atoms with Gasteiger partial charge in [0.05, 0.1) is 0 Å². The number of carbonyl (C=O) groups is 1. The fourth-order valence-electron chi connectivity index (χ4n) is 2.06. The fourth-order valence-corrected chi connectivity index (χ4v) is 2.06. The Morgan fingerprint density at radius 1 is 0.773 bits per heavy atom. The van der Waals surface area contributed by atoms with Crippen molar-refractivity contribution < 1.29 is 14.3 Å². The summed E-state index contributed by atoms with van der Waals surface area (Å²) in [4.78, 5) is 20.1. The Balaban J connectivity index is 2.07. The van der Waals surface area contributed by atoms with Crippen molar-refractivity contribution in [1.29, 1.82) is 0 Å². The third-order valence-corrected chi connectivity index (χ3v) is 3.43. The third kappa shape index (κ3) is 3.81. The highest BCUT2D eigenvalue weighted by Gasteiger charge is 2.31. The molecule has 0 aliphatic carbocycles. The summed E-state index contributed by atoms with van der Waals surface area (Å²) in [6, 6.07) is 7.23. The largest absolute Gasteiger partial charge is 0.510 e. The minimum atomic E-state index is -0.797. The van der Waals surface area contributed by atoms with E-state index in [1.807, 2.05) is 27.7 Å². The van der Waals surface area contributed by atoms with Crippen molar-refractivity contribution in [3.63, 3.8) is 0 Å². The molecule has 0 radical (unpaired) electrons. The van der Waals surface area contributed by atoms with Gasteiger partial charge in [0.25, 0.3) is 0 Å². The van der Waals surface area contributed by atoms with Gasteiger partial charge in [0.2, 0.25) is 0 Å². The summed E-state index contributed by atoms with van der Waals surface area (Å²) in [5.74, 6) is 0. The van der Waals surface area contributed by atoms with Crippen molar-refractivity contribution in [3.8, 4) is 0 Å². The van der Waals surface area contributed by atoms with Crippen LogP contribution in [0.15, 0.2) is 49.1 Å². The Hall–Kier alpha value is -2.43. The zero-order valence-electron chi connectivity index (χ0n) is 13.2. The Morgan fingerprint density at radius 2 is 1.09 bits per heavy atom. The number of pyridine rings is 2. The average Bonchev–Trinajstić information content (AvgIpc) is 2.48. The third-order valence-electron chi connectivity index (χ3n) is 3.43. The zero-order chi connectivity index (χ0) is 16.2. The van der Waals surface area contributed by atoms with Crippen LogP contribution in [0.4, 0.5) is 4.79 Å². The molecule has 0 aromatic carbocycles. The van der Waals surface area contributed by atoms with Crippen molar-refractivity contribution in [1.82, 2.24) is 9.97 Å². The molecule has 5 nitrogen and oxygen atoms in total. The van der Waals surface area contributed by atoms with Crippen LogP contribution in [0.5, 0.6) is 0 Å². The number of carbonyl (C=O) groups excluding carboxylic acids is 1. The molecule has 2 aromatic heterocycles. The van der Waals surface area contributed by atoms with E-state index in [0.717, 1.165) is 11.1 Å². The SMILES string of the molecule is CC(C)(OC(=O)OC(C)(C)c1ccncc1)c1ccncc1. The second-order valence-electron chi connectivity index (χ2n) is 5.95. The van der Waals surface area contributed by atoms with Crippen LogP contribution in [0.3, 0.4) is 0 Å². The Kier molecular flexibility index (Phi) is 4.45. The molecule has 0 atom stereocenters. The first-order chi connectivity index (χ1) is 10.3. The van der Waals surface area contributed by atoms with E-state index in [4.69, 9.17) is 9.47 Å². The Bertz CT molecular complexity index is 569. The maximum Gasteiger partial charge on any atom is 0.510 e. The molecule has 0 fully saturated rings. The van der Waals surface area contributed by atoms with Crippen LogP contribution in [0.25, 0.3) is 0 Å². The van der Waals surface area contributed by atoms with Crippen molar-refractivity contribution >= 4 is 6.16 Å². The highest BCUT2D eigenvalue weighted by molar-refractivity contribution is 5.61. The first kappa shape index (κ1) is 15.9. The van der Waals surface area contributed by atoms with E-state index in [1.54, 1.807) is 49.1 Å². The zero-order valence-corrected chi connectivity index (χ0v) is 13.2. The molecule has 2 aromatic rings. The van der Waals surface area contributed by atoms with E-state index in [2.05, 4.69) is 9.97 Å². The predicted molar refractivity (Wildman–Crippen MR) is 82.1 cm³/mol. The fraction of sp³-hybridized carbons (Fsp3) is 0.353. The van der Waals surface area contributed by atoms with Gasteiger partial charge >= 0.3 is 6.16 Å². The molecule has 116 valence electrons. The topological polar surface area (TPSA) is 61.3 Å². The Labute approximate surface area is 130 Å². The summed E-state index contributed by atoms with van der Waals surface area (Å²) in [6.45, 7) is 7.23. The summed E-state index contributed by atoms with van der Waals surface area (Å²) >= 11 is 0. The highest BCUT2D eigenvalue weighted by atomic mass is 16.7. The monoisotopic (exact) mass is 300 g/mol. The molecule has 5 heteroatoms. The van der Waals surface area contributed by atoms with Gasteiger partial charge in [-0.3, -0.25) is 9.97 Å². The van der Waals surface area contributed by atoms with Crippen molar-refractivity contribution in [3.05, 3.63) is 60.2 Å². The minimum Gasteiger partial charge on any atom is -0.423 e. The summed E-state index contributed by atoms with van der Waals surface area (Å²) in [5, 5.41) is 0. The van der Waals surface area contributed by atoms with Crippen molar-refractivity contribution in [2.75, 3.05) is 0 Å². The lowest BCUT2D eigenvalue weighted by Gasteiger charge is -2.29. The maximum atomic E-state index is 12.1. The summed E-state index contributed by atoms with van der Waals surface area (Å²) in [7, 11) is 0. The summed E-state index contributed by atoms with van der Waals surface area (Å²) in [5.41, 5.74) is 0.102. The van der Waals surface area contributed by atoms with Crippen molar-refractivity contribution in [2.45, 2.75) is 38.9 Å². The first-order valence-electron chi connectivity index (χ1n) is 7.04. The van der Waals surface area contributed by atoms with E-state index in [9.17, 15) is 4.79 Å². The quantitative estimate of drug-likeness (QED) is 0.804.